The van der Waals surface area contributed by atoms with Crippen molar-refractivity contribution >= 4 is 11.9 Å². The first kappa shape index (κ1) is 26.4. The molecule has 5 heteroatoms. The van der Waals surface area contributed by atoms with Crippen molar-refractivity contribution in [2.45, 2.75) is 84.5 Å². The zero-order valence-corrected chi connectivity index (χ0v) is 20.1. The van der Waals surface area contributed by atoms with Crippen LogP contribution in [-0.4, -0.2) is 23.7 Å². The molecule has 0 fully saturated rings. The number of carbonyl (C=O) groups is 2. The molecule has 0 heterocycles. The molecule has 0 aliphatic carbocycles. The van der Waals surface area contributed by atoms with E-state index in [-0.39, 0.29) is 11.3 Å². The Kier molecular flexibility index (Phi) is 12.1. The fourth-order valence-electron chi connectivity index (χ4n) is 3.75. The van der Waals surface area contributed by atoms with Crippen LogP contribution in [0.2, 0.25) is 0 Å². The Morgan fingerprint density at radius 2 is 1.39 bits per heavy atom. The molecule has 2 aromatic rings. The van der Waals surface area contributed by atoms with E-state index < -0.39 is 11.9 Å². The summed E-state index contributed by atoms with van der Waals surface area (Å²) >= 11 is 0. The van der Waals surface area contributed by atoms with E-state index >= 15 is 0 Å². The summed E-state index contributed by atoms with van der Waals surface area (Å²) in [4.78, 5) is 24.7. The number of ether oxygens (including phenoxy) is 2. The predicted octanol–water partition coefficient (Wildman–Crippen LogP) is 7.47. The summed E-state index contributed by atoms with van der Waals surface area (Å²) in [5.74, 6) is -1.34. The molecule has 0 atom stereocenters. The molecule has 0 amide bonds. The molecular formula is C28H38O5. The summed E-state index contributed by atoms with van der Waals surface area (Å²) in [6.07, 6.45) is 11.9. The molecule has 2 aromatic carbocycles. The number of hydrogen-bond donors (Lipinski definition) is 1. The van der Waals surface area contributed by atoms with E-state index in [0.717, 1.165) is 50.5 Å². The summed E-state index contributed by atoms with van der Waals surface area (Å²) in [6, 6.07) is 11.9. The third-order valence-corrected chi connectivity index (χ3v) is 5.67. The molecule has 0 aromatic heterocycles. The summed E-state index contributed by atoms with van der Waals surface area (Å²) in [5.41, 5.74) is 1.19. The highest BCUT2D eigenvalue weighted by atomic mass is 16.6. The number of esters is 1. The molecule has 1 N–H and O–H groups in total. The molecule has 0 unspecified atom stereocenters. The number of carboxylic acids is 1. The van der Waals surface area contributed by atoms with Gasteiger partial charge in [0.05, 0.1) is 12.2 Å². The number of aryl methyl sites for hydroxylation is 1. The van der Waals surface area contributed by atoms with Crippen LogP contribution in [0.25, 0.3) is 0 Å². The van der Waals surface area contributed by atoms with E-state index in [1.54, 1.807) is 30.3 Å². The Bertz CT molecular complexity index is 860. The Balaban J connectivity index is 2.26. The molecule has 0 saturated carbocycles. The largest absolute Gasteiger partial charge is 0.489 e. The molecule has 2 rings (SSSR count). The van der Waals surface area contributed by atoms with Crippen molar-refractivity contribution in [1.82, 2.24) is 0 Å². The summed E-state index contributed by atoms with van der Waals surface area (Å²) < 4.78 is 11.8. The summed E-state index contributed by atoms with van der Waals surface area (Å²) in [6.45, 7) is 4.81. The van der Waals surface area contributed by atoms with Crippen LogP contribution < -0.4 is 9.47 Å². The predicted molar refractivity (Wildman–Crippen MR) is 132 cm³/mol. The minimum absolute atomic E-state index is 0.00956. The van der Waals surface area contributed by atoms with Gasteiger partial charge in [0.25, 0.3) is 0 Å². The van der Waals surface area contributed by atoms with Crippen LogP contribution in [0.1, 0.15) is 104 Å². The molecule has 0 spiro atoms. The lowest BCUT2D eigenvalue weighted by Crippen LogP contribution is -2.14. The second-order valence-electron chi connectivity index (χ2n) is 8.42. The van der Waals surface area contributed by atoms with Crippen molar-refractivity contribution in [3.05, 3.63) is 59.2 Å². The summed E-state index contributed by atoms with van der Waals surface area (Å²) in [5, 5.41) is 9.76. The molecule has 5 nitrogen and oxygen atoms in total. The van der Waals surface area contributed by atoms with Crippen molar-refractivity contribution in [2.24, 2.45) is 0 Å². The van der Waals surface area contributed by atoms with Gasteiger partial charge in [-0.15, -0.1) is 0 Å². The van der Waals surface area contributed by atoms with Crippen molar-refractivity contribution < 1.29 is 24.2 Å². The third kappa shape index (κ3) is 8.91. The maximum atomic E-state index is 12.8. The van der Waals surface area contributed by atoms with Gasteiger partial charge in [-0.1, -0.05) is 89.5 Å². The first-order valence-corrected chi connectivity index (χ1v) is 12.4. The minimum Gasteiger partial charge on any atom is -0.489 e. The number of carboxylic acid groups (broad SMARTS) is 1. The third-order valence-electron chi connectivity index (χ3n) is 5.67. The molecule has 180 valence electrons. The number of rotatable bonds is 16. The topological polar surface area (TPSA) is 72.8 Å². The zero-order chi connectivity index (χ0) is 23.9. The molecule has 33 heavy (non-hydrogen) atoms. The molecule has 0 bridgehead atoms. The highest BCUT2D eigenvalue weighted by Gasteiger charge is 2.23. The van der Waals surface area contributed by atoms with Crippen LogP contribution in [0.3, 0.4) is 0 Å². The summed E-state index contributed by atoms with van der Waals surface area (Å²) in [7, 11) is 0. The minimum atomic E-state index is -1.15. The van der Waals surface area contributed by atoms with E-state index in [1.807, 2.05) is 6.07 Å². The molecule has 0 aliphatic rings. The van der Waals surface area contributed by atoms with Gasteiger partial charge in [-0.3, -0.25) is 0 Å². The molecular weight excluding hydrogens is 416 g/mol. The molecule has 0 radical (unpaired) electrons. The Morgan fingerprint density at radius 3 is 2.06 bits per heavy atom. The fraction of sp³-hybridized carbons (Fsp3) is 0.500. The van der Waals surface area contributed by atoms with Crippen LogP contribution in [0, 0.1) is 0 Å². The highest BCUT2D eigenvalue weighted by Crippen LogP contribution is 2.37. The standard InChI is InChI=1S/C28H38O5/c1-3-5-7-9-10-12-16-22-19-20-24(27(29)30)26(25(22)32-21-15-8-6-4-2)33-28(31)23-17-13-11-14-18-23/h11,13-14,17-20H,3-10,12,15-16,21H2,1-2H3,(H,29,30). The number of unbranched alkanes of at least 4 members (excludes halogenated alkanes) is 8. The van der Waals surface area contributed by atoms with Crippen molar-refractivity contribution in [3.8, 4) is 11.5 Å². The van der Waals surface area contributed by atoms with Gasteiger partial charge in [0.15, 0.2) is 11.5 Å². The molecule has 0 saturated heterocycles. The second kappa shape index (κ2) is 15.1. The van der Waals surface area contributed by atoms with E-state index in [9.17, 15) is 14.7 Å². The second-order valence-corrected chi connectivity index (χ2v) is 8.42. The normalized spacial score (nSPS) is 10.7. The van der Waals surface area contributed by atoms with Crippen LogP contribution in [0.4, 0.5) is 0 Å². The van der Waals surface area contributed by atoms with Crippen molar-refractivity contribution in [2.75, 3.05) is 6.61 Å². The van der Waals surface area contributed by atoms with E-state index in [1.165, 1.54) is 31.7 Å². The van der Waals surface area contributed by atoms with Gasteiger partial charge in [-0.2, -0.15) is 0 Å². The van der Waals surface area contributed by atoms with E-state index in [4.69, 9.17) is 9.47 Å². The van der Waals surface area contributed by atoms with Crippen LogP contribution in [0.5, 0.6) is 11.5 Å². The lowest BCUT2D eigenvalue weighted by atomic mass is 10.0. The number of carbonyl (C=O) groups excluding carboxylic acids is 1. The average molecular weight is 455 g/mol. The van der Waals surface area contributed by atoms with Crippen LogP contribution >= 0.6 is 0 Å². The zero-order valence-electron chi connectivity index (χ0n) is 20.1. The Labute approximate surface area is 198 Å². The Hall–Kier alpha value is -2.82. The maximum absolute atomic E-state index is 12.8. The van der Waals surface area contributed by atoms with E-state index in [2.05, 4.69) is 13.8 Å². The number of benzene rings is 2. The Morgan fingerprint density at radius 1 is 0.758 bits per heavy atom. The van der Waals surface area contributed by atoms with Gasteiger partial charge in [-0.25, -0.2) is 9.59 Å². The smallest absolute Gasteiger partial charge is 0.343 e. The monoisotopic (exact) mass is 454 g/mol. The maximum Gasteiger partial charge on any atom is 0.343 e. The van der Waals surface area contributed by atoms with Crippen molar-refractivity contribution in [1.29, 1.82) is 0 Å². The van der Waals surface area contributed by atoms with Crippen molar-refractivity contribution in [3.63, 3.8) is 0 Å². The lowest BCUT2D eigenvalue weighted by molar-refractivity contribution is 0.0677. The fourth-order valence-corrected chi connectivity index (χ4v) is 3.75. The number of aromatic carboxylic acids is 1. The molecule has 0 aliphatic heterocycles. The first-order valence-electron chi connectivity index (χ1n) is 12.4. The quantitative estimate of drug-likeness (QED) is 0.162. The van der Waals surface area contributed by atoms with Gasteiger partial charge < -0.3 is 14.6 Å². The van der Waals surface area contributed by atoms with Gasteiger partial charge in [-0.05, 0) is 43.0 Å². The average Bonchev–Trinajstić information content (AvgIpc) is 2.82. The number of hydrogen-bond acceptors (Lipinski definition) is 4. The first-order chi connectivity index (χ1) is 16.1. The van der Waals surface area contributed by atoms with Gasteiger partial charge in [0, 0.05) is 0 Å². The van der Waals surface area contributed by atoms with E-state index in [0.29, 0.717) is 17.9 Å². The van der Waals surface area contributed by atoms with Gasteiger partial charge in [0.1, 0.15) is 5.56 Å². The van der Waals surface area contributed by atoms with Crippen LogP contribution in [0.15, 0.2) is 42.5 Å². The van der Waals surface area contributed by atoms with Gasteiger partial charge >= 0.3 is 11.9 Å². The SMILES string of the molecule is CCCCCCCCc1ccc(C(=O)O)c(OC(=O)c2ccccc2)c1OCCCCCC. The van der Waals surface area contributed by atoms with Gasteiger partial charge in [0.2, 0.25) is 0 Å². The highest BCUT2D eigenvalue weighted by molar-refractivity contribution is 5.96. The van der Waals surface area contributed by atoms with Crippen LogP contribution in [-0.2, 0) is 6.42 Å². The lowest BCUT2D eigenvalue weighted by Gasteiger charge is -2.18.